The van der Waals surface area contributed by atoms with Crippen LogP contribution in [0, 0.1) is 0 Å². The fourth-order valence-corrected chi connectivity index (χ4v) is 2.41. The Labute approximate surface area is 119 Å². The summed E-state index contributed by atoms with van der Waals surface area (Å²) in [4.78, 5) is 6.69. The Morgan fingerprint density at radius 3 is 2.63 bits per heavy atom. The van der Waals surface area contributed by atoms with E-state index in [-0.39, 0.29) is 0 Å². The van der Waals surface area contributed by atoms with Gasteiger partial charge in [-0.3, -0.25) is 9.88 Å². The van der Waals surface area contributed by atoms with Crippen LogP contribution in [-0.2, 0) is 6.54 Å². The molecule has 0 saturated heterocycles. The topological polar surface area (TPSA) is 16.1 Å². The summed E-state index contributed by atoms with van der Waals surface area (Å²) in [7, 11) is 0. The molecule has 98 valence electrons. The molecule has 0 N–H and O–H groups in total. The third kappa shape index (κ3) is 3.43. The van der Waals surface area contributed by atoms with Gasteiger partial charge in [0.2, 0.25) is 0 Å². The first kappa shape index (κ1) is 13.8. The van der Waals surface area contributed by atoms with Crippen molar-refractivity contribution in [2.24, 2.45) is 0 Å². The third-order valence-corrected chi connectivity index (χ3v) is 3.14. The van der Waals surface area contributed by atoms with Gasteiger partial charge in [0.15, 0.2) is 0 Å². The van der Waals surface area contributed by atoms with Gasteiger partial charge in [-0.15, -0.1) is 13.2 Å². The van der Waals surface area contributed by atoms with Gasteiger partial charge in [-0.05, 0) is 23.8 Å². The largest absolute Gasteiger partial charge is 0.292 e. The molecule has 0 atom stereocenters. The smallest absolute Gasteiger partial charge is 0.0747 e. The highest BCUT2D eigenvalue weighted by atomic mass is 35.5. The van der Waals surface area contributed by atoms with E-state index < -0.39 is 0 Å². The van der Waals surface area contributed by atoms with Crippen molar-refractivity contribution in [1.29, 1.82) is 0 Å². The van der Waals surface area contributed by atoms with Crippen molar-refractivity contribution in [3.8, 4) is 0 Å². The van der Waals surface area contributed by atoms with Gasteiger partial charge < -0.3 is 0 Å². The number of nitrogens with zero attached hydrogens (tertiary/aromatic N) is 2. The highest BCUT2D eigenvalue weighted by Crippen LogP contribution is 2.23. The predicted octanol–water partition coefficient (Wildman–Crippen LogP) is 4.06. The average Bonchev–Trinajstić information content (AvgIpc) is 2.39. The summed E-state index contributed by atoms with van der Waals surface area (Å²) in [5.41, 5.74) is 2.14. The number of rotatable bonds is 6. The van der Waals surface area contributed by atoms with Crippen LogP contribution in [0.15, 0.2) is 55.8 Å². The third-order valence-electron chi connectivity index (χ3n) is 2.92. The maximum absolute atomic E-state index is 6.17. The minimum absolute atomic E-state index is 0.743. The number of benzene rings is 1. The molecule has 1 aromatic carbocycles. The number of halogens is 1. The Bertz CT molecular complexity index is 582. The van der Waals surface area contributed by atoms with E-state index in [1.807, 2.05) is 42.6 Å². The summed E-state index contributed by atoms with van der Waals surface area (Å²) in [5, 5.41) is 1.81. The van der Waals surface area contributed by atoms with Crippen molar-refractivity contribution in [2.75, 3.05) is 13.1 Å². The maximum Gasteiger partial charge on any atom is 0.0747 e. The van der Waals surface area contributed by atoms with Gasteiger partial charge in [0.05, 0.1) is 5.52 Å². The second-order valence-corrected chi connectivity index (χ2v) is 4.85. The number of hydrogen-bond donors (Lipinski definition) is 0. The van der Waals surface area contributed by atoms with E-state index in [9.17, 15) is 0 Å². The van der Waals surface area contributed by atoms with Gasteiger partial charge in [-0.1, -0.05) is 29.8 Å². The summed E-state index contributed by atoms with van der Waals surface area (Å²) >= 11 is 6.17. The quantitative estimate of drug-likeness (QED) is 0.737. The Morgan fingerprint density at radius 2 is 1.95 bits per heavy atom. The van der Waals surface area contributed by atoms with Crippen molar-refractivity contribution in [2.45, 2.75) is 6.54 Å². The lowest BCUT2D eigenvalue weighted by Crippen LogP contribution is -2.23. The number of aromatic nitrogens is 1. The summed E-state index contributed by atoms with van der Waals surface area (Å²) in [6, 6.07) is 7.88. The van der Waals surface area contributed by atoms with Crippen molar-refractivity contribution in [3.63, 3.8) is 0 Å². The molecule has 19 heavy (non-hydrogen) atoms. The van der Waals surface area contributed by atoms with Crippen molar-refractivity contribution < 1.29 is 0 Å². The van der Waals surface area contributed by atoms with E-state index in [1.165, 1.54) is 0 Å². The Balaban J connectivity index is 2.37. The van der Waals surface area contributed by atoms with Crippen LogP contribution in [0.25, 0.3) is 10.9 Å². The lowest BCUT2D eigenvalue weighted by atomic mass is 10.1. The van der Waals surface area contributed by atoms with Crippen molar-refractivity contribution >= 4 is 22.5 Å². The van der Waals surface area contributed by atoms with Crippen LogP contribution in [-0.4, -0.2) is 23.0 Å². The summed E-state index contributed by atoms with van der Waals surface area (Å²) in [6.07, 6.45) is 5.60. The molecular formula is C16H17ClN2. The van der Waals surface area contributed by atoms with E-state index in [2.05, 4.69) is 23.0 Å². The minimum Gasteiger partial charge on any atom is -0.292 e. The molecule has 0 spiro atoms. The lowest BCUT2D eigenvalue weighted by molar-refractivity contribution is 0.329. The van der Waals surface area contributed by atoms with Crippen molar-refractivity contribution in [3.05, 3.63) is 66.4 Å². The second kappa shape index (κ2) is 6.50. The molecule has 0 bridgehead atoms. The molecule has 2 rings (SSSR count). The molecule has 0 aliphatic heterocycles. The standard InChI is InChI=1S/C16H17ClN2/c1-3-8-19(9-4-2)12-14-11-15(17)10-13-6-5-7-18-16(13)14/h3-7,10-11H,1-2,8-9,12H2. The van der Waals surface area contributed by atoms with Gasteiger partial charge in [-0.2, -0.15) is 0 Å². The van der Waals surface area contributed by atoms with Gasteiger partial charge in [0, 0.05) is 36.2 Å². The maximum atomic E-state index is 6.17. The summed E-state index contributed by atoms with van der Waals surface area (Å²) in [5.74, 6) is 0. The highest BCUT2D eigenvalue weighted by molar-refractivity contribution is 6.31. The molecule has 0 aliphatic carbocycles. The van der Waals surface area contributed by atoms with Gasteiger partial charge in [0.1, 0.15) is 0 Å². The Morgan fingerprint density at radius 1 is 1.21 bits per heavy atom. The summed E-state index contributed by atoms with van der Waals surface area (Å²) in [6.45, 7) is 9.98. The van der Waals surface area contributed by atoms with Crippen LogP contribution in [0.5, 0.6) is 0 Å². The van der Waals surface area contributed by atoms with Crippen LogP contribution in [0.2, 0.25) is 5.02 Å². The number of hydrogen-bond acceptors (Lipinski definition) is 2. The fraction of sp³-hybridized carbons (Fsp3) is 0.188. The molecule has 1 heterocycles. The fourth-order valence-electron chi connectivity index (χ4n) is 2.16. The molecule has 0 radical (unpaired) electrons. The van der Waals surface area contributed by atoms with Crippen molar-refractivity contribution in [1.82, 2.24) is 9.88 Å². The van der Waals surface area contributed by atoms with Crippen LogP contribution in [0.3, 0.4) is 0 Å². The zero-order valence-corrected chi connectivity index (χ0v) is 11.6. The average molecular weight is 273 g/mol. The monoisotopic (exact) mass is 272 g/mol. The molecule has 0 amide bonds. The number of pyridine rings is 1. The summed E-state index contributed by atoms with van der Waals surface area (Å²) < 4.78 is 0. The predicted molar refractivity (Wildman–Crippen MR) is 82.4 cm³/mol. The van der Waals surface area contributed by atoms with E-state index in [0.717, 1.165) is 41.1 Å². The molecule has 0 unspecified atom stereocenters. The SMILES string of the molecule is C=CCN(CC=C)Cc1cc(Cl)cc2cccnc12. The van der Waals surface area contributed by atoms with Crippen LogP contribution < -0.4 is 0 Å². The van der Waals surface area contributed by atoms with Gasteiger partial charge in [-0.25, -0.2) is 0 Å². The zero-order chi connectivity index (χ0) is 13.7. The van der Waals surface area contributed by atoms with E-state index in [4.69, 9.17) is 11.6 Å². The van der Waals surface area contributed by atoms with E-state index in [1.54, 1.807) is 0 Å². The first-order valence-electron chi connectivity index (χ1n) is 6.22. The van der Waals surface area contributed by atoms with E-state index in [0.29, 0.717) is 0 Å². The number of fused-ring (bicyclic) bond motifs is 1. The van der Waals surface area contributed by atoms with E-state index >= 15 is 0 Å². The van der Waals surface area contributed by atoms with Gasteiger partial charge in [0.25, 0.3) is 0 Å². The Hall–Kier alpha value is -1.64. The minimum atomic E-state index is 0.743. The molecular weight excluding hydrogens is 256 g/mol. The first-order chi connectivity index (χ1) is 9.24. The van der Waals surface area contributed by atoms with Crippen LogP contribution in [0.1, 0.15) is 5.56 Å². The molecule has 1 aromatic heterocycles. The molecule has 0 saturated carbocycles. The van der Waals surface area contributed by atoms with Gasteiger partial charge >= 0.3 is 0 Å². The molecule has 3 heteroatoms. The molecule has 2 aromatic rings. The normalized spacial score (nSPS) is 10.8. The molecule has 2 nitrogen and oxygen atoms in total. The molecule has 0 aliphatic rings. The first-order valence-corrected chi connectivity index (χ1v) is 6.59. The lowest BCUT2D eigenvalue weighted by Gasteiger charge is -2.19. The molecule has 0 fully saturated rings. The zero-order valence-electron chi connectivity index (χ0n) is 10.8. The van der Waals surface area contributed by atoms with Crippen LogP contribution in [0.4, 0.5) is 0 Å². The Kier molecular flexibility index (Phi) is 4.72. The second-order valence-electron chi connectivity index (χ2n) is 4.41. The van der Waals surface area contributed by atoms with Crippen LogP contribution >= 0.6 is 11.6 Å². The highest BCUT2D eigenvalue weighted by Gasteiger charge is 2.08.